The highest BCUT2D eigenvalue weighted by molar-refractivity contribution is 5.11. The summed E-state index contributed by atoms with van der Waals surface area (Å²) in [5.41, 5.74) is 1.03. The third-order valence-electron chi connectivity index (χ3n) is 1.75. The van der Waals surface area contributed by atoms with Gasteiger partial charge in [0.25, 0.3) is 0 Å². The minimum atomic E-state index is 0.696. The molecule has 0 spiro atoms. The molecule has 0 atom stereocenters. The van der Waals surface area contributed by atoms with Crippen molar-refractivity contribution in [3.05, 3.63) is 11.8 Å². The van der Waals surface area contributed by atoms with Crippen LogP contribution in [0.4, 0.5) is 0 Å². The number of H-pyrrole nitrogens is 1. The largest absolute Gasteiger partial charge is 0.477 e. The molecular weight excluding hydrogens is 166 g/mol. The van der Waals surface area contributed by atoms with E-state index in [0.717, 1.165) is 31.7 Å². The molecule has 1 aromatic rings. The lowest BCUT2D eigenvalue weighted by atomic mass is 10.3. The number of hydrogen-bond donors (Lipinski definition) is 2. The van der Waals surface area contributed by atoms with Crippen LogP contribution in [0.15, 0.2) is 6.07 Å². The van der Waals surface area contributed by atoms with E-state index < -0.39 is 0 Å². The number of hydrogen-bond acceptors (Lipinski definition) is 3. The van der Waals surface area contributed by atoms with Crippen molar-refractivity contribution in [3.8, 4) is 5.88 Å². The van der Waals surface area contributed by atoms with Crippen LogP contribution in [-0.4, -0.2) is 30.4 Å². The van der Waals surface area contributed by atoms with Crippen LogP contribution < -0.4 is 10.1 Å². The average Bonchev–Trinajstić information content (AvgIpc) is 2.51. The normalized spacial score (nSPS) is 10.3. The molecule has 0 unspecified atom stereocenters. The predicted octanol–water partition coefficient (Wildman–Crippen LogP) is 1.10. The van der Waals surface area contributed by atoms with Crippen LogP contribution in [0.1, 0.15) is 18.5 Å². The fourth-order valence-electron chi connectivity index (χ4n) is 1.05. The molecule has 0 bridgehead atoms. The van der Waals surface area contributed by atoms with E-state index in [1.54, 1.807) is 0 Å². The molecule has 1 heterocycles. The highest BCUT2D eigenvalue weighted by atomic mass is 16.5. The topological polar surface area (TPSA) is 49.9 Å². The Kier molecular flexibility index (Phi) is 4.32. The molecule has 1 aromatic heterocycles. The van der Waals surface area contributed by atoms with Gasteiger partial charge in [0.05, 0.1) is 6.61 Å². The third-order valence-corrected chi connectivity index (χ3v) is 1.75. The van der Waals surface area contributed by atoms with Crippen LogP contribution in [-0.2, 0) is 0 Å². The third kappa shape index (κ3) is 3.94. The van der Waals surface area contributed by atoms with Gasteiger partial charge < -0.3 is 10.1 Å². The van der Waals surface area contributed by atoms with Gasteiger partial charge in [-0.25, -0.2) is 0 Å². The van der Waals surface area contributed by atoms with Crippen molar-refractivity contribution < 1.29 is 4.74 Å². The van der Waals surface area contributed by atoms with Gasteiger partial charge in [-0.1, -0.05) is 0 Å². The lowest BCUT2D eigenvalue weighted by molar-refractivity contribution is 0.294. The zero-order chi connectivity index (χ0) is 9.52. The molecule has 1 rings (SSSR count). The number of aromatic amines is 1. The first-order valence-electron chi connectivity index (χ1n) is 4.62. The fourth-order valence-corrected chi connectivity index (χ4v) is 1.05. The molecule has 0 aliphatic heterocycles. The SMILES string of the molecule is CNCCCCOc1cc(C)[nH]n1. The quantitative estimate of drug-likeness (QED) is 0.649. The van der Waals surface area contributed by atoms with Gasteiger partial charge in [-0.3, -0.25) is 5.10 Å². The second kappa shape index (κ2) is 5.59. The molecule has 13 heavy (non-hydrogen) atoms. The van der Waals surface area contributed by atoms with Gasteiger partial charge in [0.2, 0.25) is 5.88 Å². The second-order valence-corrected chi connectivity index (χ2v) is 3.05. The fraction of sp³-hybridized carbons (Fsp3) is 0.667. The summed E-state index contributed by atoms with van der Waals surface area (Å²) in [6.45, 7) is 3.75. The molecule has 0 saturated carbocycles. The number of aryl methyl sites for hydroxylation is 1. The maximum Gasteiger partial charge on any atom is 0.232 e. The van der Waals surface area contributed by atoms with Gasteiger partial charge in [0, 0.05) is 11.8 Å². The molecule has 4 nitrogen and oxygen atoms in total. The molecule has 0 fully saturated rings. The van der Waals surface area contributed by atoms with E-state index in [9.17, 15) is 0 Å². The molecule has 0 saturated heterocycles. The summed E-state index contributed by atoms with van der Waals surface area (Å²) in [6.07, 6.45) is 2.20. The van der Waals surface area contributed by atoms with E-state index in [2.05, 4.69) is 15.5 Å². The minimum Gasteiger partial charge on any atom is -0.477 e. The van der Waals surface area contributed by atoms with Crippen molar-refractivity contribution in [3.63, 3.8) is 0 Å². The van der Waals surface area contributed by atoms with E-state index in [0.29, 0.717) is 5.88 Å². The monoisotopic (exact) mass is 183 g/mol. The number of aromatic nitrogens is 2. The molecule has 0 aliphatic rings. The molecule has 4 heteroatoms. The lowest BCUT2D eigenvalue weighted by Crippen LogP contribution is -2.09. The molecule has 2 N–H and O–H groups in total. The van der Waals surface area contributed by atoms with Crippen molar-refractivity contribution in [2.45, 2.75) is 19.8 Å². The van der Waals surface area contributed by atoms with Gasteiger partial charge in [-0.15, -0.1) is 5.10 Å². The highest BCUT2D eigenvalue weighted by Gasteiger charge is 1.96. The van der Waals surface area contributed by atoms with Crippen LogP contribution in [0.2, 0.25) is 0 Å². The van der Waals surface area contributed by atoms with Crippen molar-refractivity contribution in [1.82, 2.24) is 15.5 Å². The molecule has 0 aromatic carbocycles. The molecule has 0 amide bonds. The Bertz CT molecular complexity index is 235. The van der Waals surface area contributed by atoms with Crippen molar-refractivity contribution in [2.24, 2.45) is 0 Å². The highest BCUT2D eigenvalue weighted by Crippen LogP contribution is 2.06. The second-order valence-electron chi connectivity index (χ2n) is 3.05. The Morgan fingerprint density at radius 2 is 2.38 bits per heavy atom. The number of rotatable bonds is 6. The van der Waals surface area contributed by atoms with Crippen LogP contribution in [0.5, 0.6) is 5.88 Å². The van der Waals surface area contributed by atoms with Gasteiger partial charge in [0.1, 0.15) is 0 Å². The van der Waals surface area contributed by atoms with E-state index >= 15 is 0 Å². The van der Waals surface area contributed by atoms with Crippen LogP contribution >= 0.6 is 0 Å². The predicted molar refractivity (Wildman–Crippen MR) is 52.0 cm³/mol. The molecular formula is C9H17N3O. The minimum absolute atomic E-state index is 0.696. The zero-order valence-corrected chi connectivity index (χ0v) is 8.26. The first-order valence-corrected chi connectivity index (χ1v) is 4.62. The standard InChI is InChI=1S/C9H17N3O/c1-8-7-9(12-11-8)13-6-4-3-5-10-2/h7,10H,3-6H2,1-2H3,(H,11,12). The maximum atomic E-state index is 5.40. The smallest absolute Gasteiger partial charge is 0.232 e. The first-order chi connectivity index (χ1) is 6.33. The van der Waals surface area contributed by atoms with Gasteiger partial charge in [-0.05, 0) is 33.4 Å². The van der Waals surface area contributed by atoms with Gasteiger partial charge >= 0.3 is 0 Å². The summed E-state index contributed by atoms with van der Waals surface area (Å²) in [4.78, 5) is 0. The van der Waals surface area contributed by atoms with Crippen molar-refractivity contribution >= 4 is 0 Å². The van der Waals surface area contributed by atoms with E-state index in [1.165, 1.54) is 0 Å². The van der Waals surface area contributed by atoms with Crippen LogP contribution in [0, 0.1) is 6.92 Å². The summed E-state index contributed by atoms with van der Waals surface area (Å²) in [5, 5.41) is 9.90. The first kappa shape index (κ1) is 10.1. The van der Waals surface area contributed by atoms with Crippen molar-refractivity contribution in [2.75, 3.05) is 20.2 Å². The zero-order valence-electron chi connectivity index (χ0n) is 8.26. The molecule has 74 valence electrons. The Hall–Kier alpha value is -1.03. The number of nitrogens with one attached hydrogen (secondary N) is 2. The summed E-state index contributed by atoms with van der Waals surface area (Å²) >= 11 is 0. The lowest BCUT2D eigenvalue weighted by Gasteiger charge is -2.01. The number of ether oxygens (including phenoxy) is 1. The summed E-state index contributed by atoms with van der Waals surface area (Å²) < 4.78 is 5.40. The van der Waals surface area contributed by atoms with Crippen molar-refractivity contribution in [1.29, 1.82) is 0 Å². The molecule has 0 radical (unpaired) electrons. The van der Waals surface area contributed by atoms with E-state index in [-0.39, 0.29) is 0 Å². The Morgan fingerprint density at radius 1 is 1.54 bits per heavy atom. The summed E-state index contributed by atoms with van der Waals surface area (Å²) in [5.74, 6) is 0.696. The Balaban J connectivity index is 2.06. The Morgan fingerprint density at radius 3 is 3.00 bits per heavy atom. The van der Waals surface area contributed by atoms with Gasteiger partial charge in [0.15, 0.2) is 0 Å². The summed E-state index contributed by atoms with van der Waals surface area (Å²) in [6, 6.07) is 1.90. The maximum absolute atomic E-state index is 5.40. The average molecular weight is 183 g/mol. The van der Waals surface area contributed by atoms with Gasteiger partial charge in [-0.2, -0.15) is 0 Å². The number of unbranched alkanes of at least 4 members (excludes halogenated alkanes) is 1. The van der Waals surface area contributed by atoms with Crippen LogP contribution in [0.3, 0.4) is 0 Å². The van der Waals surface area contributed by atoms with E-state index in [4.69, 9.17) is 4.74 Å². The number of nitrogens with zero attached hydrogens (tertiary/aromatic N) is 1. The summed E-state index contributed by atoms with van der Waals surface area (Å²) in [7, 11) is 1.96. The van der Waals surface area contributed by atoms with E-state index in [1.807, 2.05) is 20.0 Å². The van der Waals surface area contributed by atoms with Crippen LogP contribution in [0.25, 0.3) is 0 Å². The Labute approximate surface area is 78.7 Å². The molecule has 0 aliphatic carbocycles.